The molecule has 0 saturated heterocycles. The second-order valence-corrected chi connectivity index (χ2v) is 4.45. The monoisotopic (exact) mass is 251 g/mol. The predicted octanol–water partition coefficient (Wildman–Crippen LogP) is 1.78. The van der Waals surface area contributed by atoms with Crippen LogP contribution in [0, 0.1) is 6.92 Å². The smallest absolute Gasteiger partial charge is 0.290 e. The van der Waals surface area contributed by atoms with E-state index in [1.165, 1.54) is 0 Å². The standard InChI is InChI=1S/C12H14ClN3O/c1-8-11(14)12(17)16(15(8)2)7-9-3-5-10(13)6-4-9/h3-6H,7,14H2,1-2H3. The minimum Gasteiger partial charge on any atom is -0.393 e. The van der Waals surface area contributed by atoms with E-state index in [1.54, 1.807) is 21.5 Å². The van der Waals surface area contributed by atoms with E-state index in [-0.39, 0.29) is 5.56 Å². The van der Waals surface area contributed by atoms with Gasteiger partial charge in [0.25, 0.3) is 5.56 Å². The number of anilines is 1. The molecular weight excluding hydrogens is 238 g/mol. The maximum Gasteiger partial charge on any atom is 0.290 e. The summed E-state index contributed by atoms with van der Waals surface area (Å²) in [5, 5.41) is 0.684. The van der Waals surface area contributed by atoms with E-state index >= 15 is 0 Å². The van der Waals surface area contributed by atoms with Gasteiger partial charge in [-0.25, -0.2) is 4.68 Å². The predicted molar refractivity (Wildman–Crippen MR) is 69.4 cm³/mol. The molecule has 17 heavy (non-hydrogen) atoms. The van der Waals surface area contributed by atoms with Gasteiger partial charge in [0.1, 0.15) is 5.69 Å². The maximum atomic E-state index is 11.9. The van der Waals surface area contributed by atoms with E-state index in [0.29, 0.717) is 17.3 Å². The van der Waals surface area contributed by atoms with Crippen LogP contribution in [0.1, 0.15) is 11.3 Å². The number of hydrogen-bond acceptors (Lipinski definition) is 2. The normalized spacial score (nSPS) is 10.8. The topological polar surface area (TPSA) is 53.0 Å². The van der Waals surface area contributed by atoms with Crippen molar-refractivity contribution in [2.75, 3.05) is 5.73 Å². The SMILES string of the molecule is Cc1c(N)c(=O)n(Cc2ccc(Cl)cc2)n1C. The number of halogens is 1. The van der Waals surface area contributed by atoms with Gasteiger partial charge in [0.15, 0.2) is 0 Å². The van der Waals surface area contributed by atoms with Crippen LogP contribution in [0.4, 0.5) is 5.69 Å². The minimum atomic E-state index is -0.153. The molecule has 4 nitrogen and oxygen atoms in total. The molecule has 2 N–H and O–H groups in total. The van der Waals surface area contributed by atoms with E-state index in [2.05, 4.69) is 0 Å². The van der Waals surface area contributed by atoms with Gasteiger partial charge in [0.05, 0.1) is 12.2 Å². The second-order valence-electron chi connectivity index (χ2n) is 4.01. The van der Waals surface area contributed by atoms with Crippen molar-refractivity contribution in [3.05, 3.63) is 50.9 Å². The van der Waals surface area contributed by atoms with Crippen molar-refractivity contribution < 1.29 is 0 Å². The van der Waals surface area contributed by atoms with Crippen molar-refractivity contribution in [3.8, 4) is 0 Å². The van der Waals surface area contributed by atoms with Gasteiger partial charge >= 0.3 is 0 Å². The summed E-state index contributed by atoms with van der Waals surface area (Å²) in [7, 11) is 1.82. The van der Waals surface area contributed by atoms with Crippen molar-refractivity contribution in [1.29, 1.82) is 0 Å². The lowest BCUT2D eigenvalue weighted by molar-refractivity contribution is 0.526. The van der Waals surface area contributed by atoms with Gasteiger partial charge < -0.3 is 5.73 Å². The zero-order valence-electron chi connectivity index (χ0n) is 9.77. The average Bonchev–Trinajstić information content (AvgIpc) is 2.50. The Bertz CT molecular complexity index is 595. The second kappa shape index (κ2) is 4.30. The fourth-order valence-corrected chi connectivity index (χ4v) is 1.85. The Kier molecular flexibility index (Phi) is 2.98. The zero-order chi connectivity index (χ0) is 12.6. The van der Waals surface area contributed by atoms with Crippen molar-refractivity contribution in [3.63, 3.8) is 0 Å². The van der Waals surface area contributed by atoms with Crippen LogP contribution in [-0.4, -0.2) is 9.36 Å². The summed E-state index contributed by atoms with van der Waals surface area (Å²) >= 11 is 5.81. The van der Waals surface area contributed by atoms with Gasteiger partial charge in [-0.1, -0.05) is 23.7 Å². The van der Waals surface area contributed by atoms with Gasteiger partial charge in [0.2, 0.25) is 0 Å². The largest absolute Gasteiger partial charge is 0.393 e. The molecule has 0 atom stereocenters. The Morgan fingerprint density at radius 2 is 1.88 bits per heavy atom. The maximum absolute atomic E-state index is 11.9. The van der Waals surface area contributed by atoms with Crippen LogP contribution >= 0.6 is 11.6 Å². The number of benzene rings is 1. The molecule has 0 spiro atoms. The van der Waals surface area contributed by atoms with Gasteiger partial charge in [-0.2, -0.15) is 0 Å². The van der Waals surface area contributed by atoms with Crippen LogP contribution in [0.25, 0.3) is 0 Å². The summed E-state index contributed by atoms with van der Waals surface area (Å²) in [5.74, 6) is 0. The fraction of sp³-hybridized carbons (Fsp3) is 0.250. The summed E-state index contributed by atoms with van der Waals surface area (Å²) in [5.41, 5.74) is 7.65. The molecule has 0 aliphatic carbocycles. The summed E-state index contributed by atoms with van der Waals surface area (Å²) in [6, 6.07) is 7.41. The lowest BCUT2D eigenvalue weighted by atomic mass is 10.2. The Hall–Kier alpha value is -1.68. The number of hydrogen-bond donors (Lipinski definition) is 1. The van der Waals surface area contributed by atoms with Crippen molar-refractivity contribution in [2.45, 2.75) is 13.5 Å². The molecule has 0 amide bonds. The number of aromatic nitrogens is 2. The van der Waals surface area contributed by atoms with Gasteiger partial charge in [-0.15, -0.1) is 0 Å². The van der Waals surface area contributed by atoms with E-state index in [4.69, 9.17) is 17.3 Å². The molecule has 0 aliphatic rings. The fourth-order valence-electron chi connectivity index (χ4n) is 1.73. The number of nitrogens with zero attached hydrogens (tertiary/aromatic N) is 2. The zero-order valence-corrected chi connectivity index (χ0v) is 10.5. The van der Waals surface area contributed by atoms with Crippen molar-refractivity contribution in [1.82, 2.24) is 9.36 Å². The van der Waals surface area contributed by atoms with Gasteiger partial charge in [0, 0.05) is 12.1 Å². The highest BCUT2D eigenvalue weighted by molar-refractivity contribution is 6.30. The lowest BCUT2D eigenvalue weighted by Gasteiger charge is -2.08. The third-order valence-corrected chi connectivity index (χ3v) is 3.20. The number of nitrogens with two attached hydrogens (primary N) is 1. The van der Waals surface area contributed by atoms with Crippen LogP contribution < -0.4 is 11.3 Å². The molecule has 0 unspecified atom stereocenters. The first-order valence-corrected chi connectivity index (χ1v) is 5.65. The molecule has 0 bridgehead atoms. The molecule has 0 radical (unpaired) electrons. The van der Waals surface area contributed by atoms with E-state index in [0.717, 1.165) is 11.3 Å². The number of rotatable bonds is 2. The third kappa shape index (κ3) is 2.08. The Labute approximate surface area is 104 Å². The summed E-state index contributed by atoms with van der Waals surface area (Å²) in [6.07, 6.45) is 0. The van der Waals surface area contributed by atoms with Crippen LogP contribution in [0.15, 0.2) is 29.1 Å². The summed E-state index contributed by atoms with van der Waals surface area (Å²) < 4.78 is 3.38. The van der Waals surface area contributed by atoms with E-state index in [1.807, 2.05) is 26.1 Å². The number of nitrogen functional groups attached to an aromatic ring is 1. The molecular formula is C12H14ClN3O. The molecule has 2 rings (SSSR count). The molecule has 2 aromatic rings. The van der Waals surface area contributed by atoms with E-state index in [9.17, 15) is 4.79 Å². The Balaban J connectivity index is 2.40. The lowest BCUT2D eigenvalue weighted by Crippen LogP contribution is -2.23. The minimum absolute atomic E-state index is 0.153. The Morgan fingerprint density at radius 3 is 2.35 bits per heavy atom. The molecule has 0 fully saturated rings. The first kappa shape index (κ1) is 11.8. The highest BCUT2D eigenvalue weighted by Crippen LogP contribution is 2.11. The summed E-state index contributed by atoms with van der Waals surface area (Å²) in [6.45, 7) is 2.32. The van der Waals surface area contributed by atoms with Gasteiger partial charge in [-0.3, -0.25) is 9.48 Å². The van der Waals surface area contributed by atoms with Crippen LogP contribution in [-0.2, 0) is 13.6 Å². The average molecular weight is 252 g/mol. The van der Waals surface area contributed by atoms with Crippen LogP contribution in [0.3, 0.4) is 0 Å². The molecule has 0 aliphatic heterocycles. The molecule has 5 heteroatoms. The first-order chi connectivity index (χ1) is 8.00. The highest BCUT2D eigenvalue weighted by atomic mass is 35.5. The third-order valence-electron chi connectivity index (χ3n) is 2.95. The molecule has 1 heterocycles. The van der Waals surface area contributed by atoms with Crippen molar-refractivity contribution in [2.24, 2.45) is 7.05 Å². The summed E-state index contributed by atoms with van der Waals surface area (Å²) in [4.78, 5) is 11.9. The highest BCUT2D eigenvalue weighted by Gasteiger charge is 2.11. The molecule has 90 valence electrons. The molecule has 1 aromatic carbocycles. The Morgan fingerprint density at radius 1 is 1.29 bits per heavy atom. The van der Waals surface area contributed by atoms with E-state index < -0.39 is 0 Å². The van der Waals surface area contributed by atoms with Crippen LogP contribution in [0.5, 0.6) is 0 Å². The first-order valence-electron chi connectivity index (χ1n) is 5.27. The van der Waals surface area contributed by atoms with Crippen molar-refractivity contribution >= 4 is 17.3 Å². The van der Waals surface area contributed by atoms with Crippen LogP contribution in [0.2, 0.25) is 5.02 Å². The molecule has 0 saturated carbocycles. The van der Waals surface area contributed by atoms with Gasteiger partial charge in [-0.05, 0) is 24.6 Å². The molecule has 1 aromatic heterocycles. The quantitative estimate of drug-likeness (QED) is 0.885.